The van der Waals surface area contributed by atoms with Crippen molar-refractivity contribution in [2.45, 2.75) is 50.6 Å². The van der Waals surface area contributed by atoms with Crippen molar-refractivity contribution < 1.29 is 33.7 Å². The molecule has 204 valence electrons. The zero-order valence-corrected chi connectivity index (χ0v) is 23.0. The monoisotopic (exact) mass is 572 g/mol. The summed E-state index contributed by atoms with van der Waals surface area (Å²) in [5, 5.41) is 22.0. The van der Waals surface area contributed by atoms with Gasteiger partial charge < -0.3 is 20.5 Å². The topological polar surface area (TPSA) is 161 Å². The number of esters is 1. The summed E-state index contributed by atoms with van der Waals surface area (Å²) in [6.07, 6.45) is 3.20. The van der Waals surface area contributed by atoms with Gasteiger partial charge in [-0.15, -0.1) is 0 Å². The molecule has 2 aliphatic rings. The summed E-state index contributed by atoms with van der Waals surface area (Å²) < 4.78 is 9.29. The zero-order chi connectivity index (χ0) is 28.2. The summed E-state index contributed by atoms with van der Waals surface area (Å²) in [4.78, 5) is 51.5. The van der Waals surface area contributed by atoms with E-state index in [1.807, 2.05) is 17.6 Å². The van der Waals surface area contributed by atoms with Crippen molar-refractivity contribution in [3.8, 4) is 0 Å². The van der Waals surface area contributed by atoms with Gasteiger partial charge in [0.1, 0.15) is 18.0 Å². The fraction of sp³-hybridized carbons (Fsp3) is 0.360. The number of ether oxygens (including phenoxy) is 1. The number of nitro groups is 1. The van der Waals surface area contributed by atoms with Crippen LogP contribution >= 0.6 is 23.1 Å². The number of aromatic nitrogens is 2. The summed E-state index contributed by atoms with van der Waals surface area (Å²) in [6.45, 7) is 3.36. The van der Waals surface area contributed by atoms with Gasteiger partial charge in [-0.05, 0) is 44.2 Å². The van der Waals surface area contributed by atoms with Crippen molar-refractivity contribution in [1.82, 2.24) is 9.30 Å². The van der Waals surface area contributed by atoms with E-state index in [1.165, 1.54) is 52.3 Å². The Bertz CT molecular complexity index is 1560. The lowest BCUT2D eigenvalue weighted by Gasteiger charge is -2.44. The quantitative estimate of drug-likeness (QED) is 0.0979. The highest BCUT2D eigenvalue weighted by Gasteiger charge is 2.57. The second-order valence-electron chi connectivity index (χ2n) is 9.48. The molecule has 2 aliphatic heterocycles. The number of hydrogen-bond donors (Lipinski definition) is 2. The predicted octanol–water partition coefficient (Wildman–Crippen LogP) is 1.78. The minimum absolute atomic E-state index is 0.0304. The number of carbonyl (C=O) groups excluding carboxylic acids is 3. The minimum Gasteiger partial charge on any atom is -0.456 e. The van der Waals surface area contributed by atoms with Gasteiger partial charge in [0.25, 0.3) is 17.9 Å². The molecule has 1 saturated heterocycles. The van der Waals surface area contributed by atoms with E-state index in [4.69, 9.17) is 10.5 Å². The van der Waals surface area contributed by atoms with Crippen LogP contribution in [0.1, 0.15) is 29.5 Å². The van der Waals surface area contributed by atoms with Crippen LogP contribution in [0.25, 0.3) is 10.4 Å². The van der Waals surface area contributed by atoms with Crippen LogP contribution < -0.4 is 10.3 Å². The highest BCUT2D eigenvalue weighted by atomic mass is 32.2. The number of carbonyl (C=O) groups is 3. The first-order valence-electron chi connectivity index (χ1n) is 12.0. The highest BCUT2D eigenvalue weighted by molar-refractivity contribution is 7.98. The summed E-state index contributed by atoms with van der Waals surface area (Å²) in [5.41, 5.74) is 7.53. The molecular formula is C25H26N5O7S2+. The number of imidazole rings is 1. The normalized spacial score (nSPS) is 19.3. The number of thiazole rings is 1. The van der Waals surface area contributed by atoms with Gasteiger partial charge in [0.15, 0.2) is 6.54 Å². The Morgan fingerprint density at radius 3 is 2.64 bits per heavy atom. The van der Waals surface area contributed by atoms with Crippen molar-refractivity contribution in [3.63, 3.8) is 0 Å². The van der Waals surface area contributed by atoms with Gasteiger partial charge >= 0.3 is 5.97 Å². The van der Waals surface area contributed by atoms with Gasteiger partial charge in [-0.2, -0.15) is 4.40 Å². The average Bonchev–Trinajstić information content (AvgIpc) is 3.50. The fourth-order valence-electron chi connectivity index (χ4n) is 5.24. The Labute approximate surface area is 230 Å². The molecule has 0 saturated carbocycles. The van der Waals surface area contributed by atoms with Crippen molar-refractivity contribution in [3.05, 3.63) is 62.5 Å². The van der Waals surface area contributed by atoms with Crippen LogP contribution in [-0.2, 0) is 32.3 Å². The number of benzene rings is 1. The highest BCUT2D eigenvalue weighted by Crippen LogP contribution is 2.49. The van der Waals surface area contributed by atoms with E-state index >= 15 is 0 Å². The zero-order valence-electron chi connectivity index (χ0n) is 21.3. The molecule has 14 heteroatoms. The maximum atomic E-state index is 13.4. The van der Waals surface area contributed by atoms with E-state index in [0.717, 1.165) is 20.4 Å². The second-order valence-corrected chi connectivity index (χ2v) is 11.3. The molecule has 3 aromatic rings. The second kappa shape index (κ2) is 10.1. The molecule has 39 heavy (non-hydrogen) atoms. The van der Waals surface area contributed by atoms with Gasteiger partial charge in [-0.1, -0.05) is 23.1 Å². The largest absolute Gasteiger partial charge is 0.456 e. The van der Waals surface area contributed by atoms with Crippen LogP contribution in [0.4, 0.5) is 5.69 Å². The number of thioether (sulfide) groups is 1. The molecule has 12 nitrogen and oxygen atoms in total. The van der Waals surface area contributed by atoms with Gasteiger partial charge in [0, 0.05) is 17.7 Å². The van der Waals surface area contributed by atoms with Gasteiger partial charge in [-0.3, -0.25) is 19.7 Å². The molecule has 2 amide bonds. The molecule has 2 aromatic heterocycles. The standard InChI is InChI=1S/C25H25N5O7S2/c1-12-21(39-24-23(38-3)27(9-18(26)32)11-28(12)24)16-8-17-19(13(2)31)22(33)29(17)20(16)25(34)37-10-14-4-6-15(7-5-14)30(35)36/h4-7,11,13,17,19,31H,8-10H2,1-3H3,(H-,26,32)/p+1/t13-,17-,19-/m1/s1. The molecule has 4 heterocycles. The van der Waals surface area contributed by atoms with Crippen LogP contribution in [0.5, 0.6) is 0 Å². The van der Waals surface area contributed by atoms with Gasteiger partial charge in [0.05, 0.1) is 27.9 Å². The van der Waals surface area contributed by atoms with E-state index in [1.54, 1.807) is 17.8 Å². The maximum Gasteiger partial charge on any atom is 0.355 e. The van der Waals surface area contributed by atoms with Crippen LogP contribution in [-0.4, -0.2) is 55.5 Å². The van der Waals surface area contributed by atoms with E-state index < -0.39 is 28.8 Å². The lowest BCUT2D eigenvalue weighted by Crippen LogP contribution is -2.61. The molecule has 1 fully saturated rings. The smallest absolute Gasteiger partial charge is 0.355 e. The molecule has 3 atom stereocenters. The number of aryl methyl sites for hydroxylation is 1. The van der Waals surface area contributed by atoms with E-state index in [0.29, 0.717) is 17.6 Å². The SMILES string of the molecule is CSc1c2sc(C3=C(C(=O)OCc4ccc([N+](=O)[O-])cc4)N4C(=O)[C@H]([C@@H](C)O)[C@H]4C3)c(C)n2c[n+]1CC(N)=O. The molecule has 5 rings (SSSR count). The number of rotatable bonds is 9. The summed E-state index contributed by atoms with van der Waals surface area (Å²) in [5.74, 6) is -2.10. The number of primary amides is 1. The molecule has 0 aliphatic carbocycles. The third kappa shape index (κ3) is 4.47. The lowest BCUT2D eigenvalue weighted by molar-refractivity contribution is -0.717. The first kappa shape index (κ1) is 26.8. The number of aliphatic hydroxyl groups is 1. The summed E-state index contributed by atoms with van der Waals surface area (Å²) in [6, 6.07) is 5.31. The number of hydrogen-bond acceptors (Lipinski definition) is 9. The Morgan fingerprint density at radius 1 is 1.36 bits per heavy atom. The van der Waals surface area contributed by atoms with Crippen LogP contribution in [0.2, 0.25) is 0 Å². The lowest BCUT2D eigenvalue weighted by atomic mass is 9.83. The van der Waals surface area contributed by atoms with E-state index in [-0.39, 0.29) is 36.5 Å². The first-order chi connectivity index (χ1) is 18.5. The molecule has 0 radical (unpaired) electrons. The Balaban J connectivity index is 1.52. The Kier molecular flexibility index (Phi) is 6.95. The van der Waals surface area contributed by atoms with Crippen molar-refractivity contribution >= 4 is 57.0 Å². The minimum atomic E-state index is -0.869. The number of β-lactam (4-membered cyclic amide) rings is 1. The molecule has 0 spiro atoms. The number of nitrogens with two attached hydrogens (primary N) is 1. The third-order valence-electron chi connectivity index (χ3n) is 7.04. The molecular weight excluding hydrogens is 546 g/mol. The fourth-order valence-corrected chi connectivity index (χ4v) is 7.46. The predicted molar refractivity (Wildman–Crippen MR) is 141 cm³/mol. The number of non-ortho nitro benzene ring substituents is 1. The number of nitro benzene ring substituents is 1. The van der Waals surface area contributed by atoms with Crippen LogP contribution in [0, 0.1) is 23.0 Å². The van der Waals surface area contributed by atoms with Crippen molar-refractivity contribution in [1.29, 1.82) is 0 Å². The molecule has 3 N–H and O–H groups in total. The van der Waals surface area contributed by atoms with Gasteiger partial charge in [-0.25, -0.2) is 9.36 Å². The molecule has 0 bridgehead atoms. The van der Waals surface area contributed by atoms with E-state index in [9.17, 15) is 29.6 Å². The third-order valence-corrected chi connectivity index (χ3v) is 9.31. The number of nitrogens with zero attached hydrogens (tertiary/aromatic N) is 4. The summed E-state index contributed by atoms with van der Waals surface area (Å²) in [7, 11) is 0. The summed E-state index contributed by atoms with van der Waals surface area (Å²) >= 11 is 2.91. The van der Waals surface area contributed by atoms with Crippen molar-refractivity contribution in [2.24, 2.45) is 11.7 Å². The number of fused-ring (bicyclic) bond motifs is 2. The Hall–Kier alpha value is -3.75. The average molecular weight is 573 g/mol. The van der Waals surface area contributed by atoms with Crippen LogP contribution in [0.3, 0.4) is 0 Å². The van der Waals surface area contributed by atoms with E-state index in [2.05, 4.69) is 0 Å². The Morgan fingerprint density at radius 2 is 2.05 bits per heavy atom. The number of aliphatic hydroxyl groups excluding tert-OH is 1. The van der Waals surface area contributed by atoms with Crippen LogP contribution in [0.15, 0.2) is 41.3 Å². The maximum absolute atomic E-state index is 13.4. The van der Waals surface area contributed by atoms with Crippen molar-refractivity contribution in [2.75, 3.05) is 6.26 Å². The molecule has 0 unspecified atom stereocenters. The van der Waals surface area contributed by atoms with Gasteiger partial charge in [0.2, 0.25) is 15.8 Å². The number of amides is 2. The molecule has 1 aromatic carbocycles. The first-order valence-corrected chi connectivity index (χ1v) is 14.1.